The maximum atomic E-state index is 12.6. The third kappa shape index (κ3) is 3.29. The van der Waals surface area contributed by atoms with Crippen LogP contribution in [-0.4, -0.2) is 28.7 Å². The predicted molar refractivity (Wildman–Crippen MR) is 78.2 cm³/mol. The second kappa shape index (κ2) is 6.16. The van der Waals surface area contributed by atoms with Crippen LogP contribution >= 0.6 is 0 Å². The van der Waals surface area contributed by atoms with Crippen LogP contribution in [0.2, 0.25) is 0 Å². The molecule has 1 aromatic carbocycles. The van der Waals surface area contributed by atoms with Gasteiger partial charge in [-0.1, -0.05) is 12.1 Å². The average Bonchev–Trinajstić information content (AvgIpc) is 3.04. The minimum Gasteiger partial charge on any atom is -0.317 e. The van der Waals surface area contributed by atoms with Crippen molar-refractivity contribution >= 4 is 5.78 Å². The lowest BCUT2D eigenvalue weighted by atomic mass is 10.0. The lowest BCUT2D eigenvalue weighted by Gasteiger charge is -2.24. The molecule has 0 unspecified atom stereocenters. The minimum absolute atomic E-state index is 0.139. The summed E-state index contributed by atoms with van der Waals surface area (Å²) in [5.41, 5.74) is -0.119. The second-order valence-electron chi connectivity index (χ2n) is 5.55. The summed E-state index contributed by atoms with van der Waals surface area (Å²) in [6.45, 7) is 1.72. The lowest BCUT2D eigenvalue weighted by molar-refractivity contribution is -0.137. The van der Waals surface area contributed by atoms with E-state index in [2.05, 4.69) is 10.4 Å². The van der Waals surface area contributed by atoms with Crippen molar-refractivity contribution in [2.75, 3.05) is 13.1 Å². The molecule has 23 heavy (non-hydrogen) atoms. The molecular weight excluding hydrogens is 307 g/mol. The first-order valence-corrected chi connectivity index (χ1v) is 7.43. The number of hydrogen-bond donors (Lipinski definition) is 1. The Kier molecular flexibility index (Phi) is 4.21. The number of nitrogens with one attached hydrogen (secondary N) is 1. The van der Waals surface area contributed by atoms with Gasteiger partial charge in [0.25, 0.3) is 0 Å². The van der Waals surface area contributed by atoms with E-state index in [1.165, 1.54) is 12.1 Å². The number of halogens is 3. The normalized spacial score (nSPS) is 16.5. The molecule has 1 saturated heterocycles. The van der Waals surface area contributed by atoms with Gasteiger partial charge in [-0.2, -0.15) is 18.3 Å². The van der Waals surface area contributed by atoms with Gasteiger partial charge in [-0.15, -0.1) is 0 Å². The van der Waals surface area contributed by atoms with Gasteiger partial charge in [-0.3, -0.25) is 9.48 Å². The molecule has 2 heterocycles. The van der Waals surface area contributed by atoms with Gasteiger partial charge in [0.2, 0.25) is 5.78 Å². The molecule has 0 bridgehead atoms. The highest BCUT2D eigenvalue weighted by Crippen LogP contribution is 2.29. The molecule has 122 valence electrons. The summed E-state index contributed by atoms with van der Waals surface area (Å²) < 4.78 is 39.5. The topological polar surface area (TPSA) is 46.9 Å². The lowest BCUT2D eigenvalue weighted by Crippen LogP contribution is -2.31. The van der Waals surface area contributed by atoms with Crippen LogP contribution in [0.1, 0.15) is 40.5 Å². The Morgan fingerprint density at radius 3 is 2.39 bits per heavy atom. The number of nitrogens with zero attached hydrogens (tertiary/aromatic N) is 2. The van der Waals surface area contributed by atoms with Gasteiger partial charge in [0.1, 0.15) is 5.69 Å². The standard InChI is InChI=1S/C16H16F3N3O/c17-16(18,19)12-3-1-11(2-4-12)15(23)14-7-10-21-22(14)13-5-8-20-9-6-13/h1-4,7,10,13,20H,5-6,8-9H2. The highest BCUT2D eigenvalue weighted by molar-refractivity contribution is 6.07. The summed E-state index contributed by atoms with van der Waals surface area (Å²) in [5, 5.41) is 7.48. The monoisotopic (exact) mass is 323 g/mol. The quantitative estimate of drug-likeness (QED) is 0.883. The van der Waals surface area contributed by atoms with Crippen LogP contribution in [0.25, 0.3) is 0 Å². The Balaban J connectivity index is 1.85. The number of rotatable bonds is 3. The van der Waals surface area contributed by atoms with Gasteiger partial charge in [-0.25, -0.2) is 0 Å². The van der Waals surface area contributed by atoms with E-state index < -0.39 is 11.7 Å². The Bertz CT molecular complexity index is 685. The summed E-state index contributed by atoms with van der Waals surface area (Å²) in [7, 11) is 0. The van der Waals surface area contributed by atoms with Crippen LogP contribution in [0, 0.1) is 0 Å². The molecule has 1 aliphatic rings. The smallest absolute Gasteiger partial charge is 0.317 e. The van der Waals surface area contributed by atoms with Crippen molar-refractivity contribution in [2.24, 2.45) is 0 Å². The van der Waals surface area contributed by atoms with E-state index in [1.54, 1.807) is 16.9 Å². The maximum absolute atomic E-state index is 12.6. The van der Waals surface area contributed by atoms with E-state index >= 15 is 0 Å². The third-order valence-corrected chi connectivity index (χ3v) is 4.03. The third-order valence-electron chi connectivity index (χ3n) is 4.03. The van der Waals surface area contributed by atoms with Crippen molar-refractivity contribution in [3.05, 3.63) is 53.3 Å². The first kappa shape index (κ1) is 15.7. The number of piperidine rings is 1. The SMILES string of the molecule is O=C(c1ccc(C(F)(F)F)cc1)c1ccnn1C1CCNCC1. The number of ketones is 1. The van der Waals surface area contributed by atoms with E-state index in [1.807, 2.05) is 0 Å². The summed E-state index contributed by atoms with van der Waals surface area (Å²) in [5.74, 6) is -0.310. The fourth-order valence-electron chi connectivity index (χ4n) is 2.79. The van der Waals surface area contributed by atoms with Gasteiger partial charge < -0.3 is 5.32 Å². The number of alkyl halides is 3. The molecule has 0 atom stereocenters. The predicted octanol–water partition coefficient (Wildman–Crippen LogP) is 3.06. The number of carbonyl (C=O) groups excluding carboxylic acids is 1. The van der Waals surface area contributed by atoms with Crippen molar-refractivity contribution in [1.29, 1.82) is 0 Å². The Labute approximate surface area is 131 Å². The average molecular weight is 323 g/mol. The highest BCUT2D eigenvalue weighted by atomic mass is 19.4. The molecule has 0 amide bonds. The Morgan fingerprint density at radius 1 is 1.13 bits per heavy atom. The van der Waals surface area contributed by atoms with E-state index in [0.717, 1.165) is 38.1 Å². The number of benzene rings is 1. The van der Waals surface area contributed by atoms with Crippen LogP contribution in [0.5, 0.6) is 0 Å². The second-order valence-corrected chi connectivity index (χ2v) is 5.55. The molecular formula is C16H16F3N3O. The van der Waals surface area contributed by atoms with Crippen molar-refractivity contribution in [3.63, 3.8) is 0 Å². The fourth-order valence-corrected chi connectivity index (χ4v) is 2.79. The molecule has 1 fully saturated rings. The number of carbonyl (C=O) groups is 1. The summed E-state index contributed by atoms with van der Waals surface area (Å²) in [4.78, 5) is 12.6. The Morgan fingerprint density at radius 2 is 1.78 bits per heavy atom. The zero-order valence-electron chi connectivity index (χ0n) is 12.3. The molecule has 1 N–H and O–H groups in total. The van der Waals surface area contributed by atoms with E-state index in [4.69, 9.17) is 0 Å². The molecule has 1 aromatic heterocycles. The van der Waals surface area contributed by atoms with Gasteiger partial charge >= 0.3 is 6.18 Å². The van der Waals surface area contributed by atoms with Crippen molar-refractivity contribution in [3.8, 4) is 0 Å². The Hall–Kier alpha value is -2.15. The van der Waals surface area contributed by atoms with E-state index in [-0.39, 0.29) is 17.4 Å². The molecule has 4 nitrogen and oxygen atoms in total. The first-order valence-electron chi connectivity index (χ1n) is 7.43. The van der Waals surface area contributed by atoms with Gasteiger partial charge in [-0.05, 0) is 44.1 Å². The molecule has 1 aliphatic heterocycles. The van der Waals surface area contributed by atoms with Gasteiger partial charge in [0.15, 0.2) is 0 Å². The van der Waals surface area contributed by atoms with E-state index in [9.17, 15) is 18.0 Å². The largest absolute Gasteiger partial charge is 0.416 e. The summed E-state index contributed by atoms with van der Waals surface area (Å²) >= 11 is 0. The van der Waals surface area contributed by atoms with Gasteiger partial charge in [0.05, 0.1) is 11.6 Å². The van der Waals surface area contributed by atoms with Crippen LogP contribution < -0.4 is 5.32 Å². The molecule has 3 rings (SSSR count). The molecule has 0 saturated carbocycles. The summed E-state index contributed by atoms with van der Waals surface area (Å²) in [6, 6.07) is 6.04. The van der Waals surface area contributed by atoms with Gasteiger partial charge in [0, 0.05) is 11.8 Å². The highest BCUT2D eigenvalue weighted by Gasteiger charge is 2.30. The molecule has 0 radical (unpaired) electrons. The molecule has 0 aliphatic carbocycles. The van der Waals surface area contributed by atoms with Crippen molar-refractivity contribution in [1.82, 2.24) is 15.1 Å². The maximum Gasteiger partial charge on any atom is 0.416 e. The molecule has 7 heteroatoms. The van der Waals surface area contributed by atoms with Crippen molar-refractivity contribution < 1.29 is 18.0 Å². The first-order chi connectivity index (χ1) is 11.0. The van der Waals surface area contributed by atoms with E-state index in [0.29, 0.717) is 5.69 Å². The molecule has 0 spiro atoms. The van der Waals surface area contributed by atoms with Crippen LogP contribution in [-0.2, 0) is 6.18 Å². The van der Waals surface area contributed by atoms with Crippen molar-refractivity contribution in [2.45, 2.75) is 25.1 Å². The fraction of sp³-hybridized carbons (Fsp3) is 0.375. The van der Waals surface area contributed by atoms with Crippen LogP contribution in [0.4, 0.5) is 13.2 Å². The van der Waals surface area contributed by atoms with Crippen LogP contribution in [0.15, 0.2) is 36.5 Å². The zero-order valence-corrected chi connectivity index (χ0v) is 12.3. The minimum atomic E-state index is -4.40. The summed E-state index contributed by atoms with van der Waals surface area (Å²) in [6.07, 6.45) is -1.11. The number of aromatic nitrogens is 2. The molecule has 2 aromatic rings. The van der Waals surface area contributed by atoms with Crippen LogP contribution in [0.3, 0.4) is 0 Å². The number of hydrogen-bond acceptors (Lipinski definition) is 3. The zero-order chi connectivity index (χ0) is 16.4.